The number of aliphatic hydroxyl groups excluding tert-OH is 1. The molecular formula is C15H19N3O2. The van der Waals surface area contributed by atoms with Crippen LogP contribution in [0.2, 0.25) is 0 Å². The predicted octanol–water partition coefficient (Wildman–Crippen LogP) is 2.56. The maximum Gasteiger partial charge on any atom is 0.151 e. The molecule has 0 saturated carbocycles. The topological polar surface area (TPSA) is 60.2 Å². The molecule has 0 bridgehead atoms. The zero-order valence-electron chi connectivity index (χ0n) is 11.9. The molecule has 1 unspecified atom stereocenters. The number of para-hydroxylation sites is 1. The fourth-order valence-electron chi connectivity index (χ4n) is 1.62. The minimum atomic E-state index is -0.757. The fraction of sp³-hybridized carbons (Fsp3) is 0.333. The molecule has 5 heteroatoms. The van der Waals surface area contributed by atoms with Crippen LogP contribution in [-0.2, 0) is 0 Å². The molecule has 2 rings (SSSR count). The number of rotatable bonds is 4. The van der Waals surface area contributed by atoms with Gasteiger partial charge in [0.2, 0.25) is 0 Å². The SMILES string of the molecule is CC(C)(C)C(O)C(=Cn1cncn1)Oc1ccccc1. The molecule has 0 radical (unpaired) electrons. The number of nitrogens with zero attached hydrogens (tertiary/aromatic N) is 3. The summed E-state index contributed by atoms with van der Waals surface area (Å²) in [5, 5.41) is 14.5. The first kappa shape index (κ1) is 14.3. The first-order valence-electron chi connectivity index (χ1n) is 6.43. The van der Waals surface area contributed by atoms with Crippen LogP contribution in [0.25, 0.3) is 6.20 Å². The van der Waals surface area contributed by atoms with Gasteiger partial charge in [0.15, 0.2) is 5.76 Å². The van der Waals surface area contributed by atoms with E-state index in [2.05, 4.69) is 10.1 Å². The van der Waals surface area contributed by atoms with Crippen LogP contribution in [0.4, 0.5) is 0 Å². The van der Waals surface area contributed by atoms with Gasteiger partial charge in [-0.05, 0) is 17.5 Å². The summed E-state index contributed by atoms with van der Waals surface area (Å²) in [5.74, 6) is 1.09. The number of aromatic nitrogens is 3. The highest BCUT2D eigenvalue weighted by Crippen LogP contribution is 2.27. The molecule has 1 heterocycles. The van der Waals surface area contributed by atoms with Gasteiger partial charge in [0.25, 0.3) is 0 Å². The van der Waals surface area contributed by atoms with Crippen LogP contribution in [0.5, 0.6) is 5.75 Å². The molecule has 1 atom stereocenters. The van der Waals surface area contributed by atoms with Crippen LogP contribution in [-0.4, -0.2) is 26.0 Å². The van der Waals surface area contributed by atoms with Crippen molar-refractivity contribution in [3.05, 3.63) is 48.7 Å². The third kappa shape index (κ3) is 3.68. The molecule has 0 spiro atoms. The van der Waals surface area contributed by atoms with E-state index in [1.54, 1.807) is 12.5 Å². The quantitative estimate of drug-likeness (QED) is 0.870. The van der Waals surface area contributed by atoms with E-state index in [-0.39, 0.29) is 5.41 Å². The van der Waals surface area contributed by atoms with Crippen molar-refractivity contribution in [1.82, 2.24) is 14.8 Å². The van der Waals surface area contributed by atoms with Gasteiger partial charge in [-0.3, -0.25) is 0 Å². The zero-order chi connectivity index (χ0) is 14.6. The lowest BCUT2D eigenvalue weighted by Gasteiger charge is -2.27. The Hall–Kier alpha value is -2.14. The van der Waals surface area contributed by atoms with E-state index in [4.69, 9.17) is 4.74 Å². The van der Waals surface area contributed by atoms with Gasteiger partial charge in [0, 0.05) is 0 Å². The number of benzene rings is 1. The van der Waals surface area contributed by atoms with Gasteiger partial charge in [0.1, 0.15) is 24.5 Å². The molecule has 1 aromatic heterocycles. The first-order chi connectivity index (χ1) is 9.47. The van der Waals surface area contributed by atoms with Crippen LogP contribution in [0.15, 0.2) is 48.7 Å². The van der Waals surface area contributed by atoms with E-state index in [0.29, 0.717) is 11.5 Å². The van der Waals surface area contributed by atoms with Crippen molar-refractivity contribution in [1.29, 1.82) is 0 Å². The maximum absolute atomic E-state index is 10.5. The third-order valence-corrected chi connectivity index (χ3v) is 2.76. The Morgan fingerprint density at radius 1 is 1.30 bits per heavy atom. The fourth-order valence-corrected chi connectivity index (χ4v) is 1.62. The minimum Gasteiger partial charge on any atom is -0.457 e. The lowest BCUT2D eigenvalue weighted by Crippen LogP contribution is -2.30. The van der Waals surface area contributed by atoms with Crippen LogP contribution in [0.1, 0.15) is 20.8 Å². The predicted molar refractivity (Wildman–Crippen MR) is 76.8 cm³/mol. The molecule has 0 aliphatic rings. The number of hydrogen-bond donors (Lipinski definition) is 1. The summed E-state index contributed by atoms with van der Waals surface area (Å²) in [7, 11) is 0. The van der Waals surface area contributed by atoms with Gasteiger partial charge in [0.05, 0.1) is 6.20 Å². The van der Waals surface area contributed by atoms with E-state index in [1.807, 2.05) is 51.1 Å². The third-order valence-electron chi connectivity index (χ3n) is 2.76. The Labute approximate surface area is 118 Å². The standard InChI is InChI=1S/C15H19N3O2/c1-15(2,3)14(19)13(9-18-11-16-10-17-18)20-12-7-5-4-6-8-12/h4-11,14,19H,1-3H3. The van der Waals surface area contributed by atoms with Gasteiger partial charge >= 0.3 is 0 Å². The van der Waals surface area contributed by atoms with E-state index in [0.717, 1.165) is 0 Å². The van der Waals surface area contributed by atoms with Crippen LogP contribution in [0.3, 0.4) is 0 Å². The number of hydrogen-bond acceptors (Lipinski definition) is 4. The van der Waals surface area contributed by atoms with Crippen LogP contribution < -0.4 is 4.74 Å². The molecule has 0 amide bonds. The van der Waals surface area contributed by atoms with Gasteiger partial charge in [-0.25, -0.2) is 9.67 Å². The summed E-state index contributed by atoms with van der Waals surface area (Å²) in [6.07, 6.45) is 3.85. The van der Waals surface area contributed by atoms with Crippen molar-refractivity contribution in [2.75, 3.05) is 0 Å². The largest absolute Gasteiger partial charge is 0.457 e. The summed E-state index contributed by atoms with van der Waals surface area (Å²) < 4.78 is 7.31. The first-order valence-corrected chi connectivity index (χ1v) is 6.43. The molecule has 0 aliphatic heterocycles. The normalized spacial score (nSPS) is 14.1. The molecule has 106 valence electrons. The summed E-state index contributed by atoms with van der Waals surface area (Å²) in [6, 6.07) is 9.35. The van der Waals surface area contributed by atoms with Crippen molar-refractivity contribution in [3.63, 3.8) is 0 Å². The summed E-state index contributed by atoms with van der Waals surface area (Å²) in [5.41, 5.74) is -0.346. The highest BCUT2D eigenvalue weighted by Gasteiger charge is 2.28. The second-order valence-electron chi connectivity index (χ2n) is 5.59. The molecule has 2 aromatic rings. The molecular weight excluding hydrogens is 254 g/mol. The second-order valence-corrected chi connectivity index (χ2v) is 5.59. The highest BCUT2D eigenvalue weighted by atomic mass is 16.5. The van der Waals surface area contributed by atoms with Gasteiger partial charge in [-0.2, -0.15) is 5.10 Å². The summed E-state index contributed by atoms with van der Waals surface area (Å²) in [4.78, 5) is 3.87. The average Bonchev–Trinajstić information content (AvgIpc) is 2.90. The summed E-state index contributed by atoms with van der Waals surface area (Å²) >= 11 is 0. The Balaban J connectivity index is 2.30. The van der Waals surface area contributed by atoms with Gasteiger partial charge < -0.3 is 9.84 Å². The molecule has 20 heavy (non-hydrogen) atoms. The maximum atomic E-state index is 10.5. The lowest BCUT2D eigenvalue weighted by molar-refractivity contribution is 0.0636. The Bertz CT molecular complexity index is 557. The molecule has 0 fully saturated rings. The van der Waals surface area contributed by atoms with E-state index >= 15 is 0 Å². The number of aliphatic hydroxyl groups is 1. The van der Waals surface area contributed by atoms with E-state index in [9.17, 15) is 5.11 Å². The highest BCUT2D eigenvalue weighted by molar-refractivity contribution is 5.33. The Morgan fingerprint density at radius 2 is 2.00 bits per heavy atom. The van der Waals surface area contributed by atoms with Crippen molar-refractivity contribution in [2.24, 2.45) is 5.41 Å². The van der Waals surface area contributed by atoms with Crippen LogP contribution in [0, 0.1) is 5.41 Å². The molecule has 5 nitrogen and oxygen atoms in total. The molecule has 0 aliphatic carbocycles. The Morgan fingerprint density at radius 3 is 2.55 bits per heavy atom. The molecule has 0 saturated heterocycles. The van der Waals surface area contributed by atoms with Crippen molar-refractivity contribution < 1.29 is 9.84 Å². The van der Waals surface area contributed by atoms with E-state index < -0.39 is 6.10 Å². The van der Waals surface area contributed by atoms with Crippen molar-refractivity contribution >= 4 is 6.20 Å². The van der Waals surface area contributed by atoms with Crippen molar-refractivity contribution in [2.45, 2.75) is 26.9 Å². The minimum absolute atomic E-state index is 0.346. The second kappa shape index (κ2) is 5.88. The Kier molecular flexibility index (Phi) is 4.20. The smallest absolute Gasteiger partial charge is 0.151 e. The van der Waals surface area contributed by atoms with Crippen molar-refractivity contribution in [3.8, 4) is 5.75 Å². The van der Waals surface area contributed by atoms with Gasteiger partial charge in [-0.15, -0.1) is 0 Å². The lowest BCUT2D eigenvalue weighted by atomic mass is 9.88. The monoisotopic (exact) mass is 273 g/mol. The molecule has 1 N–H and O–H groups in total. The summed E-state index contributed by atoms with van der Waals surface area (Å²) in [6.45, 7) is 5.84. The van der Waals surface area contributed by atoms with Crippen LogP contribution >= 0.6 is 0 Å². The number of ether oxygens (including phenoxy) is 1. The average molecular weight is 273 g/mol. The zero-order valence-corrected chi connectivity index (χ0v) is 11.9. The van der Waals surface area contributed by atoms with E-state index in [1.165, 1.54) is 11.0 Å². The molecule has 1 aromatic carbocycles. The van der Waals surface area contributed by atoms with Gasteiger partial charge in [-0.1, -0.05) is 39.0 Å².